The minimum atomic E-state index is 0.0218. The Bertz CT molecular complexity index is 805. The Kier molecular flexibility index (Phi) is 7.38. The first-order valence-corrected chi connectivity index (χ1v) is 10.4. The van der Waals surface area contributed by atoms with Crippen LogP contribution >= 0.6 is 0 Å². The number of rotatable bonds is 8. The van der Waals surface area contributed by atoms with Crippen LogP contribution in [0.2, 0.25) is 0 Å². The maximum Gasteiger partial charge on any atom is 0.223 e. The minimum Gasteiger partial charge on any atom is -0.341 e. The molecule has 0 saturated carbocycles. The molecule has 156 valence electrons. The van der Waals surface area contributed by atoms with E-state index in [0.717, 1.165) is 32.2 Å². The van der Waals surface area contributed by atoms with Crippen molar-refractivity contribution >= 4 is 11.8 Å². The lowest BCUT2D eigenvalue weighted by Crippen LogP contribution is -2.51. The van der Waals surface area contributed by atoms with Crippen LogP contribution in [0, 0.1) is 6.92 Å². The summed E-state index contributed by atoms with van der Waals surface area (Å²) in [6.07, 6.45) is 4.69. The van der Waals surface area contributed by atoms with Gasteiger partial charge in [0.15, 0.2) is 5.82 Å². The van der Waals surface area contributed by atoms with E-state index in [2.05, 4.69) is 22.3 Å². The Morgan fingerprint density at radius 3 is 2.72 bits per heavy atom. The van der Waals surface area contributed by atoms with Crippen LogP contribution in [0.4, 0.5) is 0 Å². The molecule has 1 aliphatic heterocycles. The molecule has 29 heavy (non-hydrogen) atoms. The van der Waals surface area contributed by atoms with E-state index in [0.29, 0.717) is 37.6 Å². The normalized spacial score (nSPS) is 16.6. The maximum atomic E-state index is 12.7. The topological polar surface area (TPSA) is 79.5 Å². The summed E-state index contributed by atoms with van der Waals surface area (Å²) in [7, 11) is 0. The average molecular weight is 399 g/mol. The Hall–Kier alpha value is -2.70. The van der Waals surface area contributed by atoms with E-state index < -0.39 is 0 Å². The van der Waals surface area contributed by atoms with E-state index >= 15 is 0 Å². The lowest BCUT2D eigenvalue weighted by atomic mass is 10.0. The second kappa shape index (κ2) is 10.2. The van der Waals surface area contributed by atoms with Gasteiger partial charge in [-0.1, -0.05) is 35.5 Å². The summed E-state index contributed by atoms with van der Waals surface area (Å²) < 4.78 is 5.00. The van der Waals surface area contributed by atoms with Gasteiger partial charge in [-0.15, -0.1) is 0 Å². The van der Waals surface area contributed by atoms with Gasteiger partial charge in [-0.3, -0.25) is 9.59 Å². The van der Waals surface area contributed by atoms with Crippen molar-refractivity contribution in [2.45, 2.75) is 58.4 Å². The molecule has 2 amide bonds. The van der Waals surface area contributed by atoms with Crippen LogP contribution in [0.1, 0.15) is 49.9 Å². The van der Waals surface area contributed by atoms with Crippen LogP contribution in [0.15, 0.2) is 34.9 Å². The number of hydrogen-bond acceptors (Lipinski definition) is 5. The van der Waals surface area contributed by atoms with Gasteiger partial charge in [0.05, 0.1) is 0 Å². The molecule has 7 heteroatoms. The summed E-state index contributed by atoms with van der Waals surface area (Å²) in [6, 6.07) is 10.3. The van der Waals surface area contributed by atoms with Crippen molar-refractivity contribution in [2.24, 2.45) is 0 Å². The lowest BCUT2D eigenvalue weighted by Gasteiger charge is -2.39. The van der Waals surface area contributed by atoms with Crippen LogP contribution in [0.3, 0.4) is 0 Å². The molecule has 1 aliphatic rings. The highest BCUT2D eigenvalue weighted by molar-refractivity contribution is 5.77. The lowest BCUT2D eigenvalue weighted by molar-refractivity contribution is -0.138. The Labute approximate surface area is 172 Å². The molecule has 1 aromatic heterocycles. The third-order valence-corrected chi connectivity index (χ3v) is 5.44. The summed E-state index contributed by atoms with van der Waals surface area (Å²) in [6.45, 7) is 5.25. The number of piperidine rings is 1. The highest BCUT2D eigenvalue weighted by atomic mass is 16.5. The van der Waals surface area contributed by atoms with Gasteiger partial charge >= 0.3 is 0 Å². The Balaban J connectivity index is 1.50. The van der Waals surface area contributed by atoms with Crippen LogP contribution in [-0.4, -0.2) is 57.4 Å². The number of hydrogen-bond donors (Lipinski definition) is 0. The Morgan fingerprint density at radius 2 is 2.03 bits per heavy atom. The van der Waals surface area contributed by atoms with E-state index in [1.807, 2.05) is 28.0 Å². The van der Waals surface area contributed by atoms with Gasteiger partial charge in [0.2, 0.25) is 17.7 Å². The molecule has 1 aromatic carbocycles. The van der Waals surface area contributed by atoms with Gasteiger partial charge < -0.3 is 14.3 Å². The summed E-state index contributed by atoms with van der Waals surface area (Å²) in [4.78, 5) is 32.9. The molecule has 0 bridgehead atoms. The highest BCUT2D eigenvalue weighted by Gasteiger charge is 2.29. The second-order valence-corrected chi connectivity index (χ2v) is 7.67. The number of nitrogens with zero attached hydrogens (tertiary/aromatic N) is 4. The number of amides is 2. The van der Waals surface area contributed by atoms with Crippen LogP contribution in [0.25, 0.3) is 0 Å². The minimum absolute atomic E-state index is 0.0218. The molecule has 0 radical (unpaired) electrons. The summed E-state index contributed by atoms with van der Waals surface area (Å²) in [5.74, 6) is 1.34. The van der Waals surface area contributed by atoms with Crippen LogP contribution in [0.5, 0.6) is 0 Å². The van der Waals surface area contributed by atoms with Gasteiger partial charge in [0.1, 0.15) is 0 Å². The molecular weight excluding hydrogens is 368 g/mol. The predicted molar refractivity (Wildman–Crippen MR) is 109 cm³/mol. The average Bonchev–Trinajstić information content (AvgIpc) is 3.14. The smallest absolute Gasteiger partial charge is 0.223 e. The zero-order chi connectivity index (χ0) is 20.6. The largest absolute Gasteiger partial charge is 0.341 e. The van der Waals surface area contributed by atoms with E-state index in [1.165, 1.54) is 5.56 Å². The fraction of sp³-hybridized carbons (Fsp3) is 0.545. The van der Waals surface area contributed by atoms with E-state index in [9.17, 15) is 9.59 Å². The number of benzene rings is 1. The molecule has 3 rings (SSSR count). The van der Waals surface area contributed by atoms with Crippen molar-refractivity contribution in [3.63, 3.8) is 0 Å². The molecule has 2 heterocycles. The number of likely N-dealkylation sites (tertiary alicyclic amines) is 1. The molecule has 0 spiro atoms. The van der Waals surface area contributed by atoms with E-state index in [4.69, 9.17) is 4.52 Å². The van der Waals surface area contributed by atoms with Crippen LogP contribution < -0.4 is 0 Å². The van der Waals surface area contributed by atoms with Crippen LogP contribution in [-0.2, 0) is 22.4 Å². The van der Waals surface area contributed by atoms with E-state index in [1.54, 1.807) is 13.8 Å². The fourth-order valence-corrected chi connectivity index (χ4v) is 3.94. The van der Waals surface area contributed by atoms with Gasteiger partial charge in [-0.05, 0) is 31.2 Å². The number of aromatic nitrogens is 2. The van der Waals surface area contributed by atoms with Gasteiger partial charge in [-0.2, -0.15) is 4.98 Å². The van der Waals surface area contributed by atoms with Gasteiger partial charge in [0, 0.05) is 52.4 Å². The first kappa shape index (κ1) is 21.0. The third kappa shape index (κ3) is 6.14. The van der Waals surface area contributed by atoms with Crippen molar-refractivity contribution in [1.82, 2.24) is 19.9 Å². The van der Waals surface area contributed by atoms with Gasteiger partial charge in [-0.25, -0.2) is 0 Å². The monoisotopic (exact) mass is 398 g/mol. The maximum absolute atomic E-state index is 12.7. The predicted octanol–water partition coefficient (Wildman–Crippen LogP) is 2.78. The molecule has 1 unspecified atom stereocenters. The third-order valence-electron chi connectivity index (χ3n) is 5.44. The molecule has 0 N–H and O–H groups in total. The van der Waals surface area contributed by atoms with Crippen molar-refractivity contribution in [2.75, 3.05) is 19.6 Å². The highest BCUT2D eigenvalue weighted by Crippen LogP contribution is 2.18. The Morgan fingerprint density at radius 1 is 1.24 bits per heavy atom. The number of carbonyl (C=O) groups is 2. The molecule has 7 nitrogen and oxygen atoms in total. The molecule has 2 aromatic rings. The summed E-state index contributed by atoms with van der Waals surface area (Å²) in [5.41, 5.74) is 1.26. The fourth-order valence-electron chi connectivity index (χ4n) is 3.94. The second-order valence-electron chi connectivity index (χ2n) is 7.67. The zero-order valence-electron chi connectivity index (χ0n) is 17.3. The molecular formula is C22H30N4O3. The number of carbonyl (C=O) groups excluding carboxylic acids is 2. The zero-order valence-corrected chi connectivity index (χ0v) is 17.3. The van der Waals surface area contributed by atoms with E-state index in [-0.39, 0.29) is 17.9 Å². The number of aryl methyl sites for hydroxylation is 2. The molecule has 1 saturated heterocycles. The first-order chi connectivity index (χ1) is 14.0. The molecule has 1 fully saturated rings. The molecule has 1 atom stereocenters. The summed E-state index contributed by atoms with van der Waals surface area (Å²) in [5, 5.41) is 3.91. The van der Waals surface area contributed by atoms with Gasteiger partial charge in [0.25, 0.3) is 0 Å². The SMILES string of the molecule is CC(=O)N(CCc1noc(C)n1)C1CCCN(C(=O)CCCc2ccccc2)C1. The van der Waals surface area contributed by atoms with Crippen molar-refractivity contribution < 1.29 is 14.1 Å². The van der Waals surface area contributed by atoms with Crippen molar-refractivity contribution in [3.8, 4) is 0 Å². The summed E-state index contributed by atoms with van der Waals surface area (Å²) >= 11 is 0. The van der Waals surface area contributed by atoms with Crippen molar-refractivity contribution in [3.05, 3.63) is 47.6 Å². The van der Waals surface area contributed by atoms with Crippen molar-refractivity contribution in [1.29, 1.82) is 0 Å². The first-order valence-electron chi connectivity index (χ1n) is 10.4. The molecule has 0 aliphatic carbocycles. The standard InChI is InChI=1S/C22H30N4O3/c1-17-23-21(24-29-17)13-15-26(18(2)27)20-11-7-14-25(16-20)22(28)12-6-10-19-8-4-3-5-9-19/h3-5,8-9,20H,6-7,10-16H2,1-2H3. The quantitative estimate of drug-likeness (QED) is 0.683.